The number of rotatable bonds is 6. The minimum Gasteiger partial charge on any atom is -0.385 e. The summed E-state index contributed by atoms with van der Waals surface area (Å²) in [5.41, 5.74) is 2.81. The van der Waals surface area contributed by atoms with E-state index in [9.17, 15) is 4.79 Å². The summed E-state index contributed by atoms with van der Waals surface area (Å²) in [4.78, 5) is 12.2. The molecular weight excluding hydrogens is 248 g/mol. The van der Waals surface area contributed by atoms with Gasteiger partial charge in [0.15, 0.2) is 0 Å². The molecule has 0 radical (unpaired) electrons. The van der Waals surface area contributed by atoms with Crippen LogP contribution in [0.25, 0.3) is 0 Å². The van der Waals surface area contributed by atoms with Crippen LogP contribution in [0.15, 0.2) is 54.6 Å². The zero-order valence-electron chi connectivity index (χ0n) is 11.7. The Labute approximate surface area is 120 Å². The van der Waals surface area contributed by atoms with Crippen LogP contribution in [0.1, 0.15) is 22.8 Å². The highest BCUT2D eigenvalue weighted by Crippen LogP contribution is 2.14. The van der Waals surface area contributed by atoms with E-state index >= 15 is 0 Å². The molecule has 104 valence electrons. The highest BCUT2D eigenvalue weighted by molar-refractivity contribution is 5.99. The van der Waals surface area contributed by atoms with Crippen LogP contribution in [0.5, 0.6) is 0 Å². The van der Waals surface area contributed by atoms with Crippen LogP contribution in [-0.4, -0.2) is 19.0 Å². The fraction of sp³-hybridized carbons (Fsp3) is 0.235. The van der Waals surface area contributed by atoms with Crippen LogP contribution < -0.4 is 10.6 Å². The first-order valence-electron chi connectivity index (χ1n) is 6.96. The molecule has 0 fully saturated rings. The summed E-state index contributed by atoms with van der Waals surface area (Å²) in [6.45, 7) is 3.46. The Morgan fingerprint density at radius 1 is 1.00 bits per heavy atom. The Morgan fingerprint density at radius 3 is 2.45 bits per heavy atom. The van der Waals surface area contributed by atoms with Gasteiger partial charge < -0.3 is 10.6 Å². The molecule has 0 saturated heterocycles. The second kappa shape index (κ2) is 7.34. The predicted molar refractivity (Wildman–Crippen MR) is 83.1 cm³/mol. The summed E-state index contributed by atoms with van der Waals surface area (Å²) in [6.07, 6.45) is 0.843. The molecule has 0 heterocycles. The molecule has 0 aromatic heterocycles. The average Bonchev–Trinajstić information content (AvgIpc) is 2.49. The topological polar surface area (TPSA) is 41.1 Å². The van der Waals surface area contributed by atoms with Crippen LogP contribution >= 0.6 is 0 Å². The van der Waals surface area contributed by atoms with Crippen LogP contribution in [-0.2, 0) is 6.42 Å². The SMILES string of the molecule is CCNc1ccccc1C(=O)NCCc1ccccc1. The molecule has 0 aliphatic heterocycles. The van der Waals surface area contributed by atoms with E-state index in [0.717, 1.165) is 18.7 Å². The summed E-state index contributed by atoms with van der Waals surface area (Å²) in [5.74, 6) is -0.0301. The quantitative estimate of drug-likeness (QED) is 0.845. The number of hydrogen-bond acceptors (Lipinski definition) is 2. The number of carbonyl (C=O) groups is 1. The van der Waals surface area contributed by atoms with E-state index in [0.29, 0.717) is 12.1 Å². The molecule has 0 aliphatic rings. The molecule has 0 spiro atoms. The van der Waals surface area contributed by atoms with E-state index in [1.54, 1.807) is 0 Å². The second-order valence-corrected chi connectivity index (χ2v) is 4.57. The van der Waals surface area contributed by atoms with E-state index in [1.807, 2.05) is 49.4 Å². The Kier molecular flexibility index (Phi) is 5.18. The number of anilines is 1. The number of amides is 1. The molecule has 0 saturated carbocycles. The minimum absolute atomic E-state index is 0.0301. The van der Waals surface area contributed by atoms with Crippen LogP contribution in [0.2, 0.25) is 0 Å². The molecule has 1 amide bonds. The van der Waals surface area contributed by atoms with Gasteiger partial charge >= 0.3 is 0 Å². The van der Waals surface area contributed by atoms with Crippen molar-refractivity contribution in [1.82, 2.24) is 5.32 Å². The zero-order chi connectivity index (χ0) is 14.2. The van der Waals surface area contributed by atoms with Gasteiger partial charge in [0.25, 0.3) is 5.91 Å². The third-order valence-corrected chi connectivity index (χ3v) is 3.08. The third-order valence-electron chi connectivity index (χ3n) is 3.08. The molecule has 2 rings (SSSR count). The maximum atomic E-state index is 12.2. The fourth-order valence-electron chi connectivity index (χ4n) is 2.09. The number of hydrogen-bond donors (Lipinski definition) is 2. The minimum atomic E-state index is -0.0301. The van der Waals surface area contributed by atoms with Gasteiger partial charge in [-0.2, -0.15) is 0 Å². The summed E-state index contributed by atoms with van der Waals surface area (Å²) in [7, 11) is 0. The number of para-hydroxylation sites is 1. The Hall–Kier alpha value is -2.29. The van der Waals surface area contributed by atoms with Gasteiger partial charge in [-0.1, -0.05) is 42.5 Å². The molecule has 0 bridgehead atoms. The Bertz CT molecular complexity index is 552. The van der Waals surface area contributed by atoms with Gasteiger partial charge in [-0.05, 0) is 31.0 Å². The van der Waals surface area contributed by atoms with Crippen LogP contribution in [0, 0.1) is 0 Å². The summed E-state index contributed by atoms with van der Waals surface area (Å²) in [6, 6.07) is 17.7. The normalized spacial score (nSPS) is 10.1. The van der Waals surface area contributed by atoms with E-state index in [4.69, 9.17) is 0 Å². The van der Waals surface area contributed by atoms with Crippen molar-refractivity contribution in [3.63, 3.8) is 0 Å². The molecule has 2 N–H and O–H groups in total. The van der Waals surface area contributed by atoms with Crippen molar-refractivity contribution in [2.24, 2.45) is 0 Å². The van der Waals surface area contributed by atoms with Crippen molar-refractivity contribution in [3.8, 4) is 0 Å². The number of nitrogens with one attached hydrogen (secondary N) is 2. The summed E-state index contributed by atoms with van der Waals surface area (Å²) >= 11 is 0. The van der Waals surface area contributed by atoms with Crippen molar-refractivity contribution in [2.45, 2.75) is 13.3 Å². The third kappa shape index (κ3) is 3.85. The maximum Gasteiger partial charge on any atom is 0.253 e. The van der Waals surface area contributed by atoms with Gasteiger partial charge in [0.05, 0.1) is 5.56 Å². The van der Waals surface area contributed by atoms with Crippen molar-refractivity contribution in [3.05, 3.63) is 65.7 Å². The summed E-state index contributed by atoms with van der Waals surface area (Å²) < 4.78 is 0. The standard InChI is InChI=1S/C17H20N2O/c1-2-18-16-11-7-6-10-15(16)17(20)19-13-12-14-8-4-3-5-9-14/h3-11,18H,2,12-13H2,1H3,(H,19,20). The average molecular weight is 268 g/mol. The first kappa shape index (κ1) is 14.1. The molecule has 0 aliphatic carbocycles. The van der Waals surface area contributed by atoms with Gasteiger partial charge in [-0.25, -0.2) is 0 Å². The van der Waals surface area contributed by atoms with Gasteiger partial charge in [0.2, 0.25) is 0 Å². The molecule has 3 nitrogen and oxygen atoms in total. The first-order chi connectivity index (χ1) is 9.81. The maximum absolute atomic E-state index is 12.2. The lowest BCUT2D eigenvalue weighted by Crippen LogP contribution is -2.26. The lowest BCUT2D eigenvalue weighted by molar-refractivity contribution is 0.0955. The molecule has 20 heavy (non-hydrogen) atoms. The smallest absolute Gasteiger partial charge is 0.253 e. The van der Waals surface area contributed by atoms with E-state index in [2.05, 4.69) is 22.8 Å². The van der Waals surface area contributed by atoms with Gasteiger partial charge in [0.1, 0.15) is 0 Å². The first-order valence-corrected chi connectivity index (χ1v) is 6.96. The van der Waals surface area contributed by atoms with E-state index in [-0.39, 0.29) is 5.91 Å². The van der Waals surface area contributed by atoms with Gasteiger partial charge in [-0.3, -0.25) is 4.79 Å². The Balaban J connectivity index is 1.92. The van der Waals surface area contributed by atoms with Crippen molar-refractivity contribution in [2.75, 3.05) is 18.4 Å². The zero-order valence-corrected chi connectivity index (χ0v) is 11.7. The Morgan fingerprint density at radius 2 is 1.70 bits per heavy atom. The number of benzene rings is 2. The second-order valence-electron chi connectivity index (χ2n) is 4.57. The molecular formula is C17H20N2O. The van der Waals surface area contributed by atoms with Crippen molar-refractivity contribution in [1.29, 1.82) is 0 Å². The number of carbonyl (C=O) groups excluding carboxylic acids is 1. The van der Waals surface area contributed by atoms with Crippen LogP contribution in [0.3, 0.4) is 0 Å². The largest absolute Gasteiger partial charge is 0.385 e. The molecule has 0 unspecified atom stereocenters. The monoisotopic (exact) mass is 268 g/mol. The van der Waals surface area contributed by atoms with Gasteiger partial charge in [0, 0.05) is 18.8 Å². The predicted octanol–water partition coefficient (Wildman–Crippen LogP) is 3.09. The highest BCUT2D eigenvalue weighted by atomic mass is 16.1. The fourth-order valence-corrected chi connectivity index (χ4v) is 2.09. The molecule has 2 aromatic rings. The summed E-state index contributed by atoms with van der Waals surface area (Å²) in [5, 5.41) is 6.17. The molecule has 0 atom stereocenters. The van der Waals surface area contributed by atoms with E-state index in [1.165, 1.54) is 5.56 Å². The van der Waals surface area contributed by atoms with Gasteiger partial charge in [-0.15, -0.1) is 0 Å². The lowest BCUT2D eigenvalue weighted by atomic mass is 10.1. The van der Waals surface area contributed by atoms with Crippen molar-refractivity contribution >= 4 is 11.6 Å². The highest BCUT2D eigenvalue weighted by Gasteiger charge is 2.09. The van der Waals surface area contributed by atoms with E-state index < -0.39 is 0 Å². The van der Waals surface area contributed by atoms with Crippen molar-refractivity contribution < 1.29 is 4.79 Å². The van der Waals surface area contributed by atoms with Crippen LogP contribution in [0.4, 0.5) is 5.69 Å². The lowest BCUT2D eigenvalue weighted by Gasteiger charge is -2.11. The molecule has 2 aromatic carbocycles. The molecule has 3 heteroatoms.